The highest BCUT2D eigenvalue weighted by Gasteiger charge is 2.26. The Labute approximate surface area is 115 Å². The third-order valence-corrected chi connectivity index (χ3v) is 3.41. The number of nitrogens with zero attached hydrogens (tertiary/aromatic N) is 2. The highest BCUT2D eigenvalue weighted by atomic mass is 35.5. The zero-order chi connectivity index (χ0) is 14.2. The lowest BCUT2D eigenvalue weighted by atomic mass is 10.1. The number of hydrogen-bond donors (Lipinski definition) is 2. The summed E-state index contributed by atoms with van der Waals surface area (Å²) in [5.74, 6) is -0.648. The van der Waals surface area contributed by atoms with Crippen molar-refractivity contribution in [3.8, 4) is 0 Å². The fraction of sp³-hybridized carbons (Fsp3) is 0.333. The Morgan fingerprint density at radius 2 is 2.05 bits per heavy atom. The van der Waals surface area contributed by atoms with Crippen molar-refractivity contribution in [3.05, 3.63) is 22.7 Å². The van der Waals surface area contributed by atoms with Crippen LogP contribution in [0, 0.1) is 0 Å². The topological polar surface area (TPSA) is 92.7 Å². The molecule has 1 aromatic carbocycles. The van der Waals surface area contributed by atoms with Crippen molar-refractivity contribution in [2.24, 2.45) is 5.73 Å². The maximum atomic E-state index is 11.7. The average molecular weight is 283 g/mol. The summed E-state index contributed by atoms with van der Waals surface area (Å²) < 4.78 is 0. The van der Waals surface area contributed by atoms with E-state index in [2.05, 4.69) is 0 Å². The molecule has 1 aliphatic heterocycles. The predicted octanol–water partition coefficient (Wildman–Crippen LogP) is 0.300. The Bertz CT molecular complexity index is 547. The van der Waals surface area contributed by atoms with Crippen LogP contribution >= 0.6 is 11.6 Å². The zero-order valence-corrected chi connectivity index (χ0v) is 11.3. The number of rotatable bonds is 2. The molecule has 7 heteroatoms. The van der Waals surface area contributed by atoms with Gasteiger partial charge in [0, 0.05) is 25.8 Å². The molecule has 0 atom stereocenters. The van der Waals surface area contributed by atoms with Crippen molar-refractivity contribution in [2.45, 2.75) is 0 Å². The first-order valence-corrected chi connectivity index (χ1v) is 6.15. The first kappa shape index (κ1) is 13.5. The lowest BCUT2D eigenvalue weighted by Gasteiger charge is -2.34. The molecular formula is C12H15ClN4O2. The average Bonchev–Trinajstić information content (AvgIpc) is 2.32. The van der Waals surface area contributed by atoms with Crippen molar-refractivity contribution >= 4 is 34.8 Å². The van der Waals surface area contributed by atoms with Crippen LogP contribution in [-0.2, 0) is 4.79 Å². The molecule has 1 aromatic rings. The second kappa shape index (κ2) is 4.97. The molecule has 2 rings (SSSR count). The molecular weight excluding hydrogens is 268 g/mol. The van der Waals surface area contributed by atoms with Crippen LogP contribution in [0.2, 0.25) is 5.02 Å². The summed E-state index contributed by atoms with van der Waals surface area (Å²) in [5, 5.41) is 0.325. The SMILES string of the molecule is CN1CCN(c2c(Cl)cc(N)cc2C(N)=O)CC1=O. The Kier molecular flexibility index (Phi) is 3.53. The minimum atomic E-state index is -0.615. The molecule has 0 aliphatic carbocycles. The summed E-state index contributed by atoms with van der Waals surface area (Å²) in [6.07, 6.45) is 0. The first-order valence-electron chi connectivity index (χ1n) is 5.78. The van der Waals surface area contributed by atoms with Gasteiger partial charge >= 0.3 is 0 Å². The molecule has 1 aliphatic rings. The van der Waals surface area contributed by atoms with Crippen LogP contribution < -0.4 is 16.4 Å². The summed E-state index contributed by atoms with van der Waals surface area (Å²) in [5.41, 5.74) is 12.1. The van der Waals surface area contributed by atoms with Gasteiger partial charge in [0.15, 0.2) is 0 Å². The molecule has 4 N–H and O–H groups in total. The van der Waals surface area contributed by atoms with Crippen molar-refractivity contribution < 1.29 is 9.59 Å². The number of carbonyl (C=O) groups is 2. The minimum absolute atomic E-state index is 0.0328. The standard InChI is InChI=1S/C12H15ClN4O2/c1-16-2-3-17(6-10(16)18)11-8(12(15)19)4-7(14)5-9(11)13/h4-5H,2-3,6,14H2,1H3,(H2,15,19). The zero-order valence-electron chi connectivity index (χ0n) is 10.5. The highest BCUT2D eigenvalue weighted by molar-refractivity contribution is 6.34. The normalized spacial score (nSPS) is 15.8. The fourth-order valence-corrected chi connectivity index (χ4v) is 2.43. The van der Waals surface area contributed by atoms with Crippen molar-refractivity contribution in [3.63, 3.8) is 0 Å². The molecule has 0 unspecified atom stereocenters. The summed E-state index contributed by atoms with van der Waals surface area (Å²) in [6.45, 7) is 1.32. The van der Waals surface area contributed by atoms with Gasteiger partial charge in [0.25, 0.3) is 5.91 Å². The van der Waals surface area contributed by atoms with Crippen molar-refractivity contribution in [1.82, 2.24) is 4.90 Å². The number of anilines is 2. The van der Waals surface area contributed by atoms with Gasteiger partial charge in [-0.3, -0.25) is 9.59 Å². The van der Waals surface area contributed by atoms with Crippen LogP contribution in [0.15, 0.2) is 12.1 Å². The third kappa shape index (κ3) is 2.58. The number of likely N-dealkylation sites (N-methyl/N-ethyl adjacent to an activating group) is 1. The van der Waals surface area contributed by atoms with E-state index in [1.54, 1.807) is 22.9 Å². The Hall–Kier alpha value is -1.95. The molecule has 1 saturated heterocycles. The van der Waals surface area contributed by atoms with E-state index in [1.807, 2.05) is 0 Å². The summed E-state index contributed by atoms with van der Waals surface area (Å²) in [4.78, 5) is 26.6. The molecule has 6 nitrogen and oxygen atoms in total. The molecule has 0 saturated carbocycles. The number of piperazine rings is 1. The van der Waals surface area contributed by atoms with E-state index in [-0.39, 0.29) is 18.0 Å². The van der Waals surface area contributed by atoms with Gasteiger partial charge in [-0.1, -0.05) is 11.6 Å². The largest absolute Gasteiger partial charge is 0.399 e. The van der Waals surface area contributed by atoms with E-state index in [4.69, 9.17) is 23.1 Å². The van der Waals surface area contributed by atoms with Gasteiger partial charge < -0.3 is 21.3 Å². The molecule has 19 heavy (non-hydrogen) atoms. The quantitative estimate of drug-likeness (QED) is 0.763. The predicted molar refractivity (Wildman–Crippen MR) is 74.2 cm³/mol. The molecule has 0 bridgehead atoms. The van der Waals surface area contributed by atoms with Gasteiger partial charge in [-0.25, -0.2) is 0 Å². The van der Waals surface area contributed by atoms with Crippen molar-refractivity contribution in [1.29, 1.82) is 0 Å². The summed E-state index contributed by atoms with van der Waals surface area (Å²) >= 11 is 6.14. The number of amides is 2. The molecule has 0 spiro atoms. The molecule has 1 heterocycles. The number of primary amides is 1. The number of nitrogen functional groups attached to an aromatic ring is 1. The van der Waals surface area contributed by atoms with Crippen LogP contribution in [0.5, 0.6) is 0 Å². The second-order valence-corrected chi connectivity index (χ2v) is 4.91. The van der Waals surface area contributed by atoms with E-state index >= 15 is 0 Å². The summed E-state index contributed by atoms with van der Waals surface area (Å²) in [6, 6.07) is 3.03. The van der Waals surface area contributed by atoms with E-state index in [0.717, 1.165) is 0 Å². The molecule has 102 valence electrons. The Balaban J connectivity index is 2.44. The molecule has 0 aromatic heterocycles. The second-order valence-electron chi connectivity index (χ2n) is 4.50. The van der Waals surface area contributed by atoms with E-state index in [0.29, 0.717) is 29.5 Å². The maximum absolute atomic E-state index is 11.7. The van der Waals surface area contributed by atoms with Gasteiger partial charge in [0.1, 0.15) is 0 Å². The van der Waals surface area contributed by atoms with Crippen LogP contribution in [0.4, 0.5) is 11.4 Å². The smallest absolute Gasteiger partial charge is 0.250 e. The fourth-order valence-electron chi connectivity index (χ4n) is 2.08. The minimum Gasteiger partial charge on any atom is -0.399 e. The number of hydrogen-bond acceptors (Lipinski definition) is 4. The van der Waals surface area contributed by atoms with Crippen LogP contribution in [0.1, 0.15) is 10.4 Å². The van der Waals surface area contributed by atoms with Crippen molar-refractivity contribution in [2.75, 3.05) is 37.3 Å². The van der Waals surface area contributed by atoms with Gasteiger partial charge in [-0.05, 0) is 12.1 Å². The van der Waals surface area contributed by atoms with E-state index < -0.39 is 5.91 Å². The number of carbonyl (C=O) groups excluding carboxylic acids is 2. The third-order valence-electron chi connectivity index (χ3n) is 3.12. The Morgan fingerprint density at radius 3 is 2.63 bits per heavy atom. The number of nitrogens with two attached hydrogens (primary N) is 2. The molecule has 0 radical (unpaired) electrons. The van der Waals surface area contributed by atoms with Crippen LogP contribution in [0.3, 0.4) is 0 Å². The van der Waals surface area contributed by atoms with Gasteiger partial charge in [-0.15, -0.1) is 0 Å². The van der Waals surface area contributed by atoms with Crippen LogP contribution in [0.25, 0.3) is 0 Å². The molecule has 1 fully saturated rings. The summed E-state index contributed by atoms with van der Waals surface area (Å²) in [7, 11) is 1.74. The lowest BCUT2D eigenvalue weighted by Crippen LogP contribution is -2.49. The highest BCUT2D eigenvalue weighted by Crippen LogP contribution is 2.33. The first-order chi connectivity index (χ1) is 8.90. The van der Waals surface area contributed by atoms with Crippen LogP contribution in [-0.4, -0.2) is 43.4 Å². The van der Waals surface area contributed by atoms with Gasteiger partial charge in [-0.2, -0.15) is 0 Å². The lowest BCUT2D eigenvalue weighted by molar-refractivity contribution is -0.129. The number of benzene rings is 1. The monoisotopic (exact) mass is 282 g/mol. The van der Waals surface area contributed by atoms with E-state index in [1.165, 1.54) is 6.07 Å². The van der Waals surface area contributed by atoms with Gasteiger partial charge in [0.2, 0.25) is 5.91 Å². The molecule has 2 amide bonds. The Morgan fingerprint density at radius 1 is 1.37 bits per heavy atom. The number of halogens is 1. The van der Waals surface area contributed by atoms with Gasteiger partial charge in [0.05, 0.1) is 22.8 Å². The maximum Gasteiger partial charge on any atom is 0.250 e. The van der Waals surface area contributed by atoms with E-state index in [9.17, 15) is 9.59 Å².